The third-order valence-corrected chi connectivity index (χ3v) is 4.61. The van der Waals surface area contributed by atoms with Crippen molar-refractivity contribution in [2.24, 2.45) is 5.92 Å². The molecule has 1 aromatic carbocycles. The lowest BCUT2D eigenvalue weighted by Gasteiger charge is -2.22. The van der Waals surface area contributed by atoms with Crippen LogP contribution in [0.25, 0.3) is 11.1 Å². The summed E-state index contributed by atoms with van der Waals surface area (Å²) in [6.07, 6.45) is 1.14. The highest BCUT2D eigenvalue weighted by Crippen LogP contribution is 2.26. The van der Waals surface area contributed by atoms with Crippen molar-refractivity contribution in [3.05, 3.63) is 24.3 Å². The number of nitrogens with one attached hydrogen (secondary N) is 1. The Morgan fingerprint density at radius 2 is 2.35 bits per heavy atom. The molecule has 108 valence electrons. The summed E-state index contributed by atoms with van der Waals surface area (Å²) in [6, 6.07) is 8.35. The van der Waals surface area contributed by atoms with Gasteiger partial charge in [0.1, 0.15) is 5.52 Å². The molecule has 0 aliphatic carbocycles. The predicted molar refractivity (Wildman–Crippen MR) is 81.1 cm³/mol. The number of para-hydroxylation sites is 2. The van der Waals surface area contributed by atoms with Crippen LogP contribution in [0, 0.1) is 5.92 Å². The molecule has 0 amide bonds. The van der Waals surface area contributed by atoms with Crippen LogP contribution >= 0.6 is 11.8 Å². The van der Waals surface area contributed by atoms with E-state index in [9.17, 15) is 0 Å². The van der Waals surface area contributed by atoms with Crippen molar-refractivity contribution in [1.82, 2.24) is 10.3 Å². The van der Waals surface area contributed by atoms with Crippen LogP contribution in [-0.2, 0) is 4.74 Å². The number of hydrogen-bond acceptors (Lipinski definition) is 5. The number of ether oxygens (including phenoxy) is 1. The Bertz CT molecular complexity index is 519. The second kappa shape index (κ2) is 6.61. The van der Waals surface area contributed by atoms with Gasteiger partial charge in [-0.05, 0) is 25.1 Å². The number of aromatic nitrogens is 1. The molecule has 5 heteroatoms. The monoisotopic (exact) mass is 292 g/mol. The highest BCUT2D eigenvalue weighted by molar-refractivity contribution is 7.99. The second-order valence-corrected chi connectivity index (χ2v) is 6.02. The summed E-state index contributed by atoms with van der Waals surface area (Å²) >= 11 is 1.69. The standard InChI is InChI=1S/C15H20N2O2S/c1-2-16-13(11-7-8-18-9-11)10-20-15-17-12-5-3-4-6-14(12)19-15/h3-6,11,13,16H,2,7-10H2,1H3. The first-order valence-corrected chi connectivity index (χ1v) is 8.15. The first-order valence-electron chi connectivity index (χ1n) is 7.16. The molecule has 2 heterocycles. The minimum atomic E-state index is 0.461. The van der Waals surface area contributed by atoms with Gasteiger partial charge in [0.05, 0.1) is 6.61 Å². The first kappa shape index (κ1) is 13.9. The number of rotatable bonds is 6. The molecule has 2 atom stereocenters. The van der Waals surface area contributed by atoms with E-state index >= 15 is 0 Å². The van der Waals surface area contributed by atoms with Crippen LogP contribution in [0.4, 0.5) is 0 Å². The van der Waals surface area contributed by atoms with E-state index in [2.05, 4.69) is 17.2 Å². The molecule has 2 unspecified atom stereocenters. The predicted octanol–water partition coefficient (Wildman–Crippen LogP) is 2.93. The van der Waals surface area contributed by atoms with Crippen molar-refractivity contribution in [3.8, 4) is 0 Å². The molecule has 0 radical (unpaired) electrons. The highest BCUT2D eigenvalue weighted by Gasteiger charge is 2.25. The zero-order chi connectivity index (χ0) is 13.8. The third-order valence-electron chi connectivity index (χ3n) is 3.66. The Hall–Kier alpha value is -1.04. The number of nitrogens with zero attached hydrogens (tertiary/aromatic N) is 1. The van der Waals surface area contributed by atoms with E-state index in [-0.39, 0.29) is 0 Å². The highest BCUT2D eigenvalue weighted by atomic mass is 32.2. The number of hydrogen-bond donors (Lipinski definition) is 1. The summed E-state index contributed by atoms with van der Waals surface area (Å²) in [4.78, 5) is 4.51. The van der Waals surface area contributed by atoms with Gasteiger partial charge in [-0.15, -0.1) is 0 Å². The van der Waals surface area contributed by atoms with Crippen LogP contribution in [0.1, 0.15) is 13.3 Å². The minimum absolute atomic E-state index is 0.461. The van der Waals surface area contributed by atoms with Gasteiger partial charge >= 0.3 is 0 Å². The summed E-state index contributed by atoms with van der Waals surface area (Å²) in [6.45, 7) is 4.88. The van der Waals surface area contributed by atoms with Gasteiger partial charge in [-0.3, -0.25) is 0 Å². The lowest BCUT2D eigenvalue weighted by Crippen LogP contribution is -2.38. The third kappa shape index (κ3) is 3.16. The zero-order valence-electron chi connectivity index (χ0n) is 11.7. The van der Waals surface area contributed by atoms with E-state index in [4.69, 9.17) is 9.15 Å². The van der Waals surface area contributed by atoms with E-state index in [0.717, 1.165) is 48.3 Å². The molecule has 1 aliphatic rings. The maximum absolute atomic E-state index is 5.75. The van der Waals surface area contributed by atoms with E-state index in [0.29, 0.717) is 12.0 Å². The maximum atomic E-state index is 5.75. The van der Waals surface area contributed by atoms with Gasteiger partial charge in [-0.2, -0.15) is 0 Å². The molecule has 1 N–H and O–H groups in total. The van der Waals surface area contributed by atoms with Crippen molar-refractivity contribution in [2.75, 3.05) is 25.5 Å². The molecule has 1 aliphatic heterocycles. The van der Waals surface area contributed by atoms with Gasteiger partial charge in [0.15, 0.2) is 5.58 Å². The lowest BCUT2D eigenvalue weighted by atomic mass is 10.0. The number of benzene rings is 1. The Kier molecular flexibility index (Phi) is 4.60. The molecule has 2 aromatic rings. The minimum Gasteiger partial charge on any atom is -0.431 e. The smallest absolute Gasteiger partial charge is 0.256 e. The van der Waals surface area contributed by atoms with Gasteiger partial charge in [-0.1, -0.05) is 30.8 Å². The Morgan fingerprint density at radius 3 is 3.10 bits per heavy atom. The Balaban J connectivity index is 1.63. The van der Waals surface area contributed by atoms with Crippen molar-refractivity contribution in [1.29, 1.82) is 0 Å². The molecule has 3 rings (SSSR count). The van der Waals surface area contributed by atoms with Crippen LogP contribution in [0.15, 0.2) is 33.9 Å². The molecular formula is C15H20N2O2S. The molecule has 0 spiro atoms. The normalized spacial score (nSPS) is 20.6. The van der Waals surface area contributed by atoms with Crippen LogP contribution in [-0.4, -0.2) is 36.5 Å². The van der Waals surface area contributed by atoms with Crippen LogP contribution < -0.4 is 5.32 Å². The fraction of sp³-hybridized carbons (Fsp3) is 0.533. The molecule has 4 nitrogen and oxygen atoms in total. The molecule has 1 aromatic heterocycles. The number of thioether (sulfide) groups is 1. The van der Waals surface area contributed by atoms with Gasteiger partial charge < -0.3 is 14.5 Å². The van der Waals surface area contributed by atoms with Crippen LogP contribution in [0.5, 0.6) is 0 Å². The number of oxazole rings is 1. The van der Waals surface area contributed by atoms with Gasteiger partial charge in [0.25, 0.3) is 5.22 Å². The average Bonchev–Trinajstić information content (AvgIpc) is 3.12. The van der Waals surface area contributed by atoms with Crippen molar-refractivity contribution < 1.29 is 9.15 Å². The average molecular weight is 292 g/mol. The topological polar surface area (TPSA) is 47.3 Å². The molecular weight excluding hydrogens is 272 g/mol. The van der Waals surface area contributed by atoms with E-state index in [1.807, 2.05) is 24.3 Å². The van der Waals surface area contributed by atoms with Gasteiger partial charge in [0, 0.05) is 24.3 Å². The van der Waals surface area contributed by atoms with Crippen molar-refractivity contribution in [2.45, 2.75) is 24.6 Å². The molecule has 20 heavy (non-hydrogen) atoms. The fourth-order valence-corrected chi connectivity index (χ4v) is 3.59. The van der Waals surface area contributed by atoms with Crippen LogP contribution in [0.2, 0.25) is 0 Å². The number of fused-ring (bicyclic) bond motifs is 1. The van der Waals surface area contributed by atoms with E-state index in [1.54, 1.807) is 11.8 Å². The Labute approximate surface area is 123 Å². The summed E-state index contributed by atoms with van der Waals surface area (Å²) in [7, 11) is 0. The molecule has 0 saturated carbocycles. The SMILES string of the molecule is CCNC(CSc1nc2ccccc2o1)C1CCOC1. The van der Waals surface area contributed by atoms with Crippen molar-refractivity contribution in [3.63, 3.8) is 0 Å². The Morgan fingerprint density at radius 1 is 1.45 bits per heavy atom. The summed E-state index contributed by atoms with van der Waals surface area (Å²) < 4.78 is 11.2. The van der Waals surface area contributed by atoms with Gasteiger partial charge in [0.2, 0.25) is 0 Å². The molecule has 1 saturated heterocycles. The quantitative estimate of drug-likeness (QED) is 0.830. The first-order chi connectivity index (χ1) is 9.86. The molecule has 1 fully saturated rings. The zero-order valence-corrected chi connectivity index (χ0v) is 12.5. The summed E-state index contributed by atoms with van der Waals surface area (Å²) in [5.41, 5.74) is 1.79. The van der Waals surface area contributed by atoms with Crippen LogP contribution in [0.3, 0.4) is 0 Å². The summed E-state index contributed by atoms with van der Waals surface area (Å²) in [5, 5.41) is 4.32. The summed E-state index contributed by atoms with van der Waals surface area (Å²) in [5.74, 6) is 1.57. The van der Waals surface area contributed by atoms with Gasteiger partial charge in [-0.25, -0.2) is 4.98 Å². The van der Waals surface area contributed by atoms with E-state index < -0.39 is 0 Å². The van der Waals surface area contributed by atoms with E-state index in [1.165, 1.54) is 0 Å². The largest absolute Gasteiger partial charge is 0.431 e. The molecule has 0 bridgehead atoms. The fourth-order valence-electron chi connectivity index (χ4n) is 2.57. The lowest BCUT2D eigenvalue weighted by molar-refractivity contribution is 0.179. The maximum Gasteiger partial charge on any atom is 0.256 e. The second-order valence-electron chi connectivity index (χ2n) is 5.05. The van der Waals surface area contributed by atoms with Crippen molar-refractivity contribution >= 4 is 22.9 Å².